The number of rotatable bonds is 8. The maximum atomic E-state index is 12.6. The maximum absolute atomic E-state index is 12.6. The van der Waals surface area contributed by atoms with E-state index in [0.29, 0.717) is 22.1 Å². The lowest BCUT2D eigenvalue weighted by Crippen LogP contribution is -2.21. The first-order valence-corrected chi connectivity index (χ1v) is 10.3. The van der Waals surface area contributed by atoms with E-state index in [0.717, 1.165) is 16.7 Å². The number of carbonyl (C=O) groups excluding carboxylic acids is 2. The first-order valence-electron chi connectivity index (χ1n) is 9.44. The van der Waals surface area contributed by atoms with Gasteiger partial charge in [-0.05, 0) is 43.7 Å². The topological polar surface area (TPSA) is 73.9 Å². The number of anilines is 1. The van der Waals surface area contributed by atoms with Crippen molar-refractivity contribution in [3.8, 4) is 22.6 Å². The Labute approximate surface area is 179 Å². The van der Waals surface area contributed by atoms with E-state index in [1.165, 1.54) is 11.3 Å². The van der Waals surface area contributed by atoms with E-state index in [1.807, 2.05) is 36.6 Å². The predicted molar refractivity (Wildman–Crippen MR) is 118 cm³/mol. The van der Waals surface area contributed by atoms with Gasteiger partial charge in [-0.2, -0.15) is 0 Å². The molecule has 0 fully saturated rings. The van der Waals surface area contributed by atoms with Crippen molar-refractivity contribution in [3.05, 3.63) is 65.0 Å². The predicted octanol–water partition coefficient (Wildman–Crippen LogP) is 4.93. The second-order valence-electron chi connectivity index (χ2n) is 6.45. The van der Waals surface area contributed by atoms with Gasteiger partial charge in [0.05, 0.1) is 13.7 Å². The average Bonchev–Trinajstić information content (AvgIpc) is 3.17. The molecule has 30 heavy (non-hydrogen) atoms. The summed E-state index contributed by atoms with van der Waals surface area (Å²) in [5, 5.41) is 5.05. The summed E-state index contributed by atoms with van der Waals surface area (Å²) in [6, 6.07) is 14.8. The van der Waals surface area contributed by atoms with Crippen LogP contribution in [0.3, 0.4) is 0 Å². The van der Waals surface area contributed by atoms with Crippen LogP contribution >= 0.6 is 11.3 Å². The molecule has 0 aliphatic carbocycles. The summed E-state index contributed by atoms with van der Waals surface area (Å²) < 4.78 is 15.8. The fraction of sp³-hybridized carbons (Fsp3) is 0.217. The standard InChI is InChI=1S/C23H23NO5S/c1-4-28-23(26)21-19(16-7-5-15(2)6-8-16)14-30-22(21)24-20(25)13-29-18-11-9-17(27-3)10-12-18/h5-12,14H,4,13H2,1-3H3,(H,24,25). The number of thiophene rings is 1. The Morgan fingerprint density at radius 3 is 2.30 bits per heavy atom. The molecule has 3 rings (SSSR count). The Morgan fingerprint density at radius 1 is 1.00 bits per heavy atom. The van der Waals surface area contributed by atoms with Gasteiger partial charge in [0.15, 0.2) is 6.61 Å². The van der Waals surface area contributed by atoms with Crippen LogP contribution in [0.1, 0.15) is 22.8 Å². The first kappa shape index (κ1) is 21.4. The van der Waals surface area contributed by atoms with Crippen LogP contribution in [0, 0.1) is 6.92 Å². The minimum absolute atomic E-state index is 0.188. The van der Waals surface area contributed by atoms with Crippen LogP contribution in [0.15, 0.2) is 53.9 Å². The highest BCUT2D eigenvalue weighted by molar-refractivity contribution is 7.15. The van der Waals surface area contributed by atoms with Gasteiger partial charge in [-0.25, -0.2) is 4.79 Å². The molecular formula is C23H23NO5S. The van der Waals surface area contributed by atoms with Crippen LogP contribution in [-0.2, 0) is 9.53 Å². The van der Waals surface area contributed by atoms with Crippen molar-refractivity contribution < 1.29 is 23.8 Å². The molecule has 1 aromatic heterocycles. The highest BCUT2D eigenvalue weighted by Gasteiger charge is 2.23. The number of ether oxygens (including phenoxy) is 3. The number of methoxy groups -OCH3 is 1. The summed E-state index contributed by atoms with van der Waals surface area (Å²) in [6.07, 6.45) is 0. The molecule has 2 aromatic carbocycles. The summed E-state index contributed by atoms with van der Waals surface area (Å²) in [4.78, 5) is 25.0. The molecule has 0 saturated carbocycles. The molecule has 1 N–H and O–H groups in total. The van der Waals surface area contributed by atoms with Crippen molar-refractivity contribution in [2.75, 3.05) is 25.6 Å². The molecule has 0 radical (unpaired) electrons. The third-order valence-electron chi connectivity index (χ3n) is 4.32. The van der Waals surface area contributed by atoms with E-state index in [4.69, 9.17) is 14.2 Å². The number of carbonyl (C=O) groups is 2. The lowest BCUT2D eigenvalue weighted by atomic mass is 10.0. The largest absolute Gasteiger partial charge is 0.497 e. The lowest BCUT2D eigenvalue weighted by molar-refractivity contribution is -0.118. The van der Waals surface area contributed by atoms with Crippen LogP contribution < -0.4 is 14.8 Å². The maximum Gasteiger partial charge on any atom is 0.341 e. The summed E-state index contributed by atoms with van der Waals surface area (Å²) in [5.41, 5.74) is 3.08. The van der Waals surface area contributed by atoms with Crippen LogP contribution in [0.5, 0.6) is 11.5 Å². The fourth-order valence-electron chi connectivity index (χ4n) is 2.78. The van der Waals surface area contributed by atoms with Crippen LogP contribution in [0.2, 0.25) is 0 Å². The van der Waals surface area contributed by atoms with Gasteiger partial charge in [0, 0.05) is 10.9 Å². The van der Waals surface area contributed by atoms with Gasteiger partial charge < -0.3 is 19.5 Å². The monoisotopic (exact) mass is 425 g/mol. The smallest absolute Gasteiger partial charge is 0.341 e. The Morgan fingerprint density at radius 2 is 1.67 bits per heavy atom. The lowest BCUT2D eigenvalue weighted by Gasteiger charge is -2.10. The van der Waals surface area contributed by atoms with Crippen molar-refractivity contribution in [1.82, 2.24) is 0 Å². The van der Waals surface area contributed by atoms with Crippen molar-refractivity contribution in [2.45, 2.75) is 13.8 Å². The normalized spacial score (nSPS) is 10.4. The summed E-state index contributed by atoms with van der Waals surface area (Å²) in [6.45, 7) is 3.80. The number of hydrogen-bond donors (Lipinski definition) is 1. The van der Waals surface area contributed by atoms with Gasteiger partial charge in [-0.1, -0.05) is 29.8 Å². The Hall–Kier alpha value is -3.32. The third-order valence-corrected chi connectivity index (χ3v) is 5.21. The SMILES string of the molecule is CCOC(=O)c1c(-c2ccc(C)cc2)csc1NC(=O)COc1ccc(OC)cc1. The van der Waals surface area contributed by atoms with Crippen molar-refractivity contribution in [3.63, 3.8) is 0 Å². The van der Waals surface area contributed by atoms with Gasteiger partial charge in [0.2, 0.25) is 0 Å². The Balaban J connectivity index is 1.76. The molecule has 0 bridgehead atoms. The van der Waals surface area contributed by atoms with Gasteiger partial charge in [-0.3, -0.25) is 4.79 Å². The number of aryl methyl sites for hydroxylation is 1. The number of esters is 1. The Bertz CT molecular complexity index is 1010. The highest BCUT2D eigenvalue weighted by atomic mass is 32.1. The number of benzene rings is 2. The van der Waals surface area contributed by atoms with E-state index < -0.39 is 5.97 Å². The van der Waals surface area contributed by atoms with Crippen molar-refractivity contribution >= 4 is 28.2 Å². The molecule has 0 unspecified atom stereocenters. The molecule has 0 aliphatic heterocycles. The second kappa shape index (κ2) is 9.93. The molecule has 1 heterocycles. The molecule has 156 valence electrons. The van der Waals surface area contributed by atoms with Crippen LogP contribution in [0.4, 0.5) is 5.00 Å². The minimum Gasteiger partial charge on any atom is -0.497 e. The van der Waals surface area contributed by atoms with Crippen molar-refractivity contribution in [1.29, 1.82) is 0 Å². The second-order valence-corrected chi connectivity index (χ2v) is 7.33. The van der Waals surface area contributed by atoms with Crippen LogP contribution in [0.25, 0.3) is 11.1 Å². The first-order chi connectivity index (χ1) is 14.5. The molecule has 3 aromatic rings. The number of hydrogen-bond acceptors (Lipinski definition) is 6. The van der Waals surface area contributed by atoms with E-state index in [2.05, 4.69) is 5.32 Å². The summed E-state index contributed by atoms with van der Waals surface area (Å²) >= 11 is 1.28. The minimum atomic E-state index is -0.472. The van der Waals surface area contributed by atoms with Gasteiger partial charge >= 0.3 is 5.97 Å². The quantitative estimate of drug-likeness (QED) is 0.518. The van der Waals surface area contributed by atoms with Crippen molar-refractivity contribution in [2.24, 2.45) is 0 Å². The Kier molecular flexibility index (Phi) is 7.08. The zero-order valence-electron chi connectivity index (χ0n) is 17.1. The molecule has 0 spiro atoms. The molecule has 6 nitrogen and oxygen atoms in total. The molecule has 1 amide bonds. The zero-order chi connectivity index (χ0) is 21.5. The van der Waals surface area contributed by atoms with E-state index in [-0.39, 0.29) is 19.1 Å². The average molecular weight is 426 g/mol. The molecule has 0 aliphatic rings. The molecule has 7 heteroatoms. The zero-order valence-corrected chi connectivity index (χ0v) is 17.9. The van der Waals surface area contributed by atoms with E-state index in [9.17, 15) is 9.59 Å². The van der Waals surface area contributed by atoms with Gasteiger partial charge in [0.25, 0.3) is 5.91 Å². The molecule has 0 atom stereocenters. The van der Waals surface area contributed by atoms with Gasteiger partial charge in [-0.15, -0.1) is 11.3 Å². The third kappa shape index (κ3) is 5.18. The summed E-state index contributed by atoms with van der Waals surface area (Å²) in [5.74, 6) is 0.408. The summed E-state index contributed by atoms with van der Waals surface area (Å²) in [7, 11) is 1.58. The van der Waals surface area contributed by atoms with E-state index in [1.54, 1.807) is 38.3 Å². The molecular weight excluding hydrogens is 402 g/mol. The highest BCUT2D eigenvalue weighted by Crippen LogP contribution is 2.36. The fourth-order valence-corrected chi connectivity index (χ4v) is 3.76. The number of amides is 1. The number of nitrogens with one attached hydrogen (secondary N) is 1. The van der Waals surface area contributed by atoms with Crippen LogP contribution in [-0.4, -0.2) is 32.2 Å². The molecule has 0 saturated heterocycles. The van der Waals surface area contributed by atoms with E-state index >= 15 is 0 Å². The van der Waals surface area contributed by atoms with Gasteiger partial charge in [0.1, 0.15) is 22.1 Å².